The highest BCUT2D eigenvalue weighted by atomic mass is 32.2. The monoisotopic (exact) mass is 301 g/mol. The summed E-state index contributed by atoms with van der Waals surface area (Å²) in [6, 6.07) is 3.74. The molecule has 1 aliphatic rings. The molecule has 1 fully saturated rings. The van der Waals surface area contributed by atoms with E-state index in [1.54, 1.807) is 24.9 Å². The smallest absolute Gasteiger partial charge is 0.171 e. The van der Waals surface area contributed by atoms with Crippen molar-refractivity contribution in [1.82, 2.24) is 4.98 Å². The number of nitrogens with two attached hydrogens (primary N) is 1. The first-order valence-corrected chi connectivity index (χ1v) is 9.16. The lowest BCUT2D eigenvalue weighted by molar-refractivity contribution is 0.579. The van der Waals surface area contributed by atoms with Crippen LogP contribution in [0.2, 0.25) is 0 Å². The summed E-state index contributed by atoms with van der Waals surface area (Å²) in [6.45, 7) is 2.80. The summed E-state index contributed by atoms with van der Waals surface area (Å²) in [5, 5.41) is -0.440. The molecule has 0 amide bonds. The van der Waals surface area contributed by atoms with Crippen molar-refractivity contribution in [1.29, 1.82) is 0 Å². The molecule has 1 unspecified atom stereocenters. The average Bonchev–Trinajstić information content (AvgIpc) is 2.47. The van der Waals surface area contributed by atoms with Gasteiger partial charge in [-0.1, -0.05) is 6.92 Å². The molecule has 0 bridgehead atoms. The van der Waals surface area contributed by atoms with Crippen LogP contribution in [-0.2, 0) is 16.4 Å². The lowest BCUT2D eigenvalue weighted by Crippen LogP contribution is -2.48. The number of anilines is 1. The third-order valence-corrected chi connectivity index (χ3v) is 6.53. The topological polar surface area (TPSA) is 76.3 Å². The van der Waals surface area contributed by atoms with Gasteiger partial charge >= 0.3 is 0 Å². The Balaban J connectivity index is 2.34. The van der Waals surface area contributed by atoms with Crippen molar-refractivity contribution >= 4 is 27.3 Å². The van der Waals surface area contributed by atoms with Crippen molar-refractivity contribution in [2.24, 2.45) is 5.73 Å². The molecule has 0 aliphatic carbocycles. The molecule has 1 atom stereocenters. The second kappa shape index (κ2) is 6.11. The van der Waals surface area contributed by atoms with Crippen molar-refractivity contribution in [3.8, 4) is 0 Å². The molecule has 0 spiro atoms. The van der Waals surface area contributed by atoms with Crippen LogP contribution in [0.15, 0.2) is 18.3 Å². The summed E-state index contributed by atoms with van der Waals surface area (Å²) >= 11 is 1.69. The van der Waals surface area contributed by atoms with Crippen LogP contribution < -0.4 is 10.6 Å². The van der Waals surface area contributed by atoms with Gasteiger partial charge in [-0.2, -0.15) is 11.8 Å². The lowest BCUT2D eigenvalue weighted by Gasteiger charge is -2.36. The van der Waals surface area contributed by atoms with Gasteiger partial charge in [0.2, 0.25) is 0 Å². The Bertz CT molecular complexity index is 534. The summed E-state index contributed by atoms with van der Waals surface area (Å²) in [4.78, 5) is 6.12. The van der Waals surface area contributed by atoms with Crippen LogP contribution in [0, 0.1) is 0 Å². The number of thioether (sulfide) groups is 1. The fourth-order valence-electron chi connectivity index (χ4n) is 2.12. The molecule has 5 nitrogen and oxygen atoms in total. The largest absolute Gasteiger partial charge is 0.353 e. The molecule has 7 heteroatoms. The molecule has 19 heavy (non-hydrogen) atoms. The second-order valence-corrected chi connectivity index (χ2v) is 7.98. The third-order valence-electron chi connectivity index (χ3n) is 3.24. The molecule has 0 aromatic carbocycles. The van der Waals surface area contributed by atoms with E-state index in [1.165, 1.54) is 0 Å². The first-order chi connectivity index (χ1) is 9.08. The number of hydrogen-bond acceptors (Lipinski definition) is 6. The Hall–Kier alpha value is -0.790. The molecule has 106 valence electrons. The number of aromatic nitrogens is 1. The van der Waals surface area contributed by atoms with E-state index in [4.69, 9.17) is 5.73 Å². The quantitative estimate of drug-likeness (QED) is 0.888. The number of hydrogen-bond donors (Lipinski definition) is 1. The van der Waals surface area contributed by atoms with E-state index in [0.717, 1.165) is 23.7 Å². The molecule has 2 N–H and O–H groups in total. The van der Waals surface area contributed by atoms with Gasteiger partial charge in [0.25, 0.3) is 0 Å². The first kappa shape index (κ1) is 14.6. The predicted octanol–water partition coefficient (Wildman–Crippen LogP) is 0.854. The second-order valence-electron chi connectivity index (χ2n) is 4.38. The van der Waals surface area contributed by atoms with E-state index < -0.39 is 15.2 Å². The van der Waals surface area contributed by atoms with Crippen molar-refractivity contribution in [2.45, 2.75) is 18.8 Å². The van der Waals surface area contributed by atoms with Crippen molar-refractivity contribution in [2.75, 3.05) is 28.7 Å². The predicted molar refractivity (Wildman–Crippen MR) is 80.0 cm³/mol. The molecule has 0 radical (unpaired) electrons. The maximum absolute atomic E-state index is 12.2. The van der Waals surface area contributed by atoms with Gasteiger partial charge < -0.3 is 10.6 Å². The minimum atomic E-state index is -3.08. The van der Waals surface area contributed by atoms with Gasteiger partial charge in [0, 0.05) is 42.2 Å². The first-order valence-electron chi connectivity index (χ1n) is 6.29. The van der Waals surface area contributed by atoms with E-state index in [2.05, 4.69) is 4.98 Å². The highest BCUT2D eigenvalue weighted by Crippen LogP contribution is 2.27. The Labute approximate surface area is 118 Å². The maximum atomic E-state index is 12.2. The van der Waals surface area contributed by atoms with Gasteiger partial charge in [0.1, 0.15) is 5.37 Å². The summed E-state index contributed by atoms with van der Waals surface area (Å²) < 4.78 is 24.4. The molecule has 1 saturated heterocycles. The van der Waals surface area contributed by atoms with Crippen LogP contribution in [0.5, 0.6) is 0 Å². The van der Waals surface area contributed by atoms with Crippen LogP contribution in [0.4, 0.5) is 5.69 Å². The fraction of sp³-hybridized carbons (Fsp3) is 0.583. The highest BCUT2D eigenvalue weighted by Gasteiger charge is 2.33. The van der Waals surface area contributed by atoms with Gasteiger partial charge in [0.15, 0.2) is 9.84 Å². The maximum Gasteiger partial charge on any atom is 0.171 e. The molecular formula is C12H19N3O2S2. The average molecular weight is 301 g/mol. The molecule has 0 saturated carbocycles. The van der Waals surface area contributed by atoms with Crippen LogP contribution in [-0.4, -0.2) is 42.6 Å². The Morgan fingerprint density at radius 3 is 3.05 bits per heavy atom. The van der Waals surface area contributed by atoms with Gasteiger partial charge in [-0.25, -0.2) is 8.42 Å². The van der Waals surface area contributed by atoms with Crippen LogP contribution >= 0.6 is 11.8 Å². The van der Waals surface area contributed by atoms with Gasteiger partial charge in [-0.15, -0.1) is 0 Å². The van der Waals surface area contributed by atoms with Crippen LogP contribution in [0.3, 0.4) is 0 Å². The number of sulfone groups is 1. The van der Waals surface area contributed by atoms with Crippen molar-refractivity contribution in [3.05, 3.63) is 24.0 Å². The summed E-state index contributed by atoms with van der Waals surface area (Å²) in [5.41, 5.74) is 7.27. The summed E-state index contributed by atoms with van der Waals surface area (Å²) in [7, 11) is -3.08. The normalized spacial score (nSPS) is 20.5. The van der Waals surface area contributed by atoms with E-state index in [9.17, 15) is 8.42 Å². The van der Waals surface area contributed by atoms with Crippen molar-refractivity contribution in [3.63, 3.8) is 0 Å². The molecule has 1 aliphatic heterocycles. The number of rotatable bonds is 4. The molecule has 1 aromatic rings. The van der Waals surface area contributed by atoms with Gasteiger partial charge in [0.05, 0.1) is 5.69 Å². The zero-order chi connectivity index (χ0) is 13.9. The Morgan fingerprint density at radius 2 is 2.37 bits per heavy atom. The third kappa shape index (κ3) is 3.21. The number of nitrogens with zero attached hydrogens (tertiary/aromatic N) is 2. The molecule has 2 heterocycles. The molecular weight excluding hydrogens is 282 g/mol. The zero-order valence-electron chi connectivity index (χ0n) is 10.9. The van der Waals surface area contributed by atoms with E-state index in [0.29, 0.717) is 12.3 Å². The minimum absolute atomic E-state index is 0.170. The standard InChI is InChI=1S/C12H19N3O2S2/c1-2-19(16,17)12-9-18-6-5-15(12)11-3-4-14-10(7-11)8-13/h3-4,7,12H,2,5-6,8-9,13H2,1H3. The minimum Gasteiger partial charge on any atom is -0.353 e. The summed E-state index contributed by atoms with van der Waals surface area (Å²) in [5.74, 6) is 1.73. The Kier molecular flexibility index (Phi) is 4.70. The van der Waals surface area contributed by atoms with Crippen LogP contribution in [0.1, 0.15) is 12.6 Å². The number of pyridine rings is 1. The van der Waals surface area contributed by atoms with Crippen LogP contribution in [0.25, 0.3) is 0 Å². The molecule has 2 rings (SSSR count). The highest BCUT2D eigenvalue weighted by molar-refractivity contribution is 8.01. The molecule has 1 aromatic heterocycles. The SMILES string of the molecule is CCS(=O)(=O)C1CSCCN1c1ccnc(CN)c1. The Morgan fingerprint density at radius 1 is 1.58 bits per heavy atom. The zero-order valence-corrected chi connectivity index (χ0v) is 12.6. The van der Waals surface area contributed by atoms with Crippen molar-refractivity contribution < 1.29 is 8.42 Å². The summed E-state index contributed by atoms with van der Waals surface area (Å²) in [6.07, 6.45) is 1.69. The van der Waals surface area contributed by atoms with E-state index >= 15 is 0 Å². The van der Waals surface area contributed by atoms with E-state index in [1.807, 2.05) is 17.0 Å². The van der Waals surface area contributed by atoms with Gasteiger partial charge in [-0.3, -0.25) is 4.98 Å². The lowest BCUT2D eigenvalue weighted by atomic mass is 10.3. The fourth-order valence-corrected chi connectivity index (χ4v) is 5.11. The van der Waals surface area contributed by atoms with Gasteiger partial charge in [-0.05, 0) is 12.1 Å². The van der Waals surface area contributed by atoms with E-state index in [-0.39, 0.29) is 5.75 Å².